The van der Waals surface area contributed by atoms with Crippen molar-refractivity contribution in [3.05, 3.63) is 58.7 Å². The Balaban J connectivity index is 1.35. The van der Waals surface area contributed by atoms with Gasteiger partial charge in [-0.05, 0) is 55.3 Å². The lowest BCUT2D eigenvalue weighted by molar-refractivity contribution is 0.0938. The Hall–Kier alpha value is -2.18. The van der Waals surface area contributed by atoms with Gasteiger partial charge in [0.15, 0.2) is 0 Å². The number of carbonyl (C=O) groups excluding carboxylic acids is 1. The minimum atomic E-state index is -0.191. The quantitative estimate of drug-likeness (QED) is 0.813. The molecule has 0 spiro atoms. The molecule has 1 aromatic heterocycles. The van der Waals surface area contributed by atoms with Crippen LogP contribution in [0.5, 0.6) is 0 Å². The van der Waals surface area contributed by atoms with E-state index in [2.05, 4.69) is 15.1 Å². The van der Waals surface area contributed by atoms with E-state index in [1.807, 2.05) is 23.7 Å². The van der Waals surface area contributed by atoms with E-state index < -0.39 is 0 Å². The van der Waals surface area contributed by atoms with Gasteiger partial charge in [0, 0.05) is 51.9 Å². The van der Waals surface area contributed by atoms with Gasteiger partial charge in [0.1, 0.15) is 11.5 Å². The van der Waals surface area contributed by atoms with Gasteiger partial charge in [-0.2, -0.15) is 0 Å². The summed E-state index contributed by atoms with van der Waals surface area (Å²) in [4.78, 5) is 17.5. The number of rotatable bonds is 6. The van der Waals surface area contributed by atoms with Gasteiger partial charge in [-0.1, -0.05) is 18.6 Å². The third kappa shape index (κ3) is 4.87. The molecule has 0 atom stereocenters. The lowest BCUT2D eigenvalue weighted by atomic mass is 10.1. The van der Waals surface area contributed by atoms with Crippen LogP contribution in [0.25, 0.3) is 0 Å². The molecular weight excluding hydrogens is 367 g/mol. The van der Waals surface area contributed by atoms with Crippen molar-refractivity contribution < 1.29 is 9.18 Å². The molecule has 0 saturated carbocycles. The van der Waals surface area contributed by atoms with E-state index in [9.17, 15) is 9.18 Å². The van der Waals surface area contributed by atoms with Crippen LogP contribution in [-0.4, -0.2) is 53.0 Å². The Kier molecular flexibility index (Phi) is 6.31. The van der Waals surface area contributed by atoms with E-state index in [4.69, 9.17) is 0 Å². The second kappa shape index (κ2) is 9.09. The van der Waals surface area contributed by atoms with E-state index >= 15 is 0 Å². The van der Waals surface area contributed by atoms with Crippen LogP contribution in [0.4, 0.5) is 4.39 Å². The van der Waals surface area contributed by atoms with E-state index in [0.717, 1.165) is 56.9 Å². The normalized spacial score (nSPS) is 17.9. The van der Waals surface area contributed by atoms with Crippen LogP contribution in [-0.2, 0) is 26.6 Å². The minimum Gasteiger partial charge on any atom is -0.349 e. The van der Waals surface area contributed by atoms with Crippen molar-refractivity contribution in [2.24, 2.45) is 7.05 Å². The molecule has 0 bridgehead atoms. The minimum absolute atomic E-state index is 0.00981. The van der Waals surface area contributed by atoms with Gasteiger partial charge in [0.25, 0.3) is 5.91 Å². The Labute approximate surface area is 172 Å². The molecule has 4 rings (SSSR count). The van der Waals surface area contributed by atoms with E-state index in [1.165, 1.54) is 36.6 Å². The number of benzene rings is 1. The third-order valence-electron chi connectivity index (χ3n) is 6.20. The fourth-order valence-electron chi connectivity index (χ4n) is 4.60. The lowest BCUT2D eigenvalue weighted by Gasteiger charge is -2.27. The van der Waals surface area contributed by atoms with E-state index in [0.29, 0.717) is 6.54 Å². The molecule has 5 nitrogen and oxygen atoms in total. The van der Waals surface area contributed by atoms with Crippen molar-refractivity contribution in [3.63, 3.8) is 0 Å². The smallest absolute Gasteiger partial charge is 0.267 e. The first-order chi connectivity index (χ1) is 14.1. The number of fused-ring (bicyclic) bond motifs is 1. The van der Waals surface area contributed by atoms with Crippen molar-refractivity contribution in [3.8, 4) is 0 Å². The second-order valence-electron chi connectivity index (χ2n) is 8.31. The van der Waals surface area contributed by atoms with Crippen LogP contribution < -0.4 is 5.32 Å². The monoisotopic (exact) mass is 398 g/mol. The molecule has 0 unspecified atom stereocenters. The molecule has 1 aromatic carbocycles. The largest absolute Gasteiger partial charge is 0.349 e. The van der Waals surface area contributed by atoms with Gasteiger partial charge in [0.05, 0.1) is 0 Å². The highest BCUT2D eigenvalue weighted by molar-refractivity contribution is 5.93. The van der Waals surface area contributed by atoms with Gasteiger partial charge in [0.2, 0.25) is 0 Å². The molecular formula is C23H31FN4O. The molecule has 1 saturated heterocycles. The summed E-state index contributed by atoms with van der Waals surface area (Å²) in [6, 6.07) is 8.83. The number of piperidine rings is 1. The summed E-state index contributed by atoms with van der Waals surface area (Å²) in [5.74, 6) is -0.181. The predicted octanol–water partition coefficient (Wildman–Crippen LogP) is 2.94. The second-order valence-corrected chi connectivity index (χ2v) is 8.31. The molecule has 1 N–H and O–H groups in total. The molecule has 29 heavy (non-hydrogen) atoms. The topological polar surface area (TPSA) is 40.5 Å². The van der Waals surface area contributed by atoms with Crippen LogP contribution in [0.2, 0.25) is 0 Å². The number of nitrogens with zero attached hydrogens (tertiary/aromatic N) is 3. The highest BCUT2D eigenvalue weighted by Crippen LogP contribution is 2.24. The zero-order valence-electron chi connectivity index (χ0n) is 17.3. The number of halogens is 1. The first-order valence-electron chi connectivity index (χ1n) is 10.7. The van der Waals surface area contributed by atoms with Crippen LogP contribution in [0, 0.1) is 5.82 Å². The van der Waals surface area contributed by atoms with Gasteiger partial charge in [-0.3, -0.25) is 9.69 Å². The summed E-state index contributed by atoms with van der Waals surface area (Å²) in [6.07, 6.45) is 4.77. The number of hydrogen-bond donors (Lipinski definition) is 1. The van der Waals surface area contributed by atoms with Crippen LogP contribution >= 0.6 is 0 Å². The van der Waals surface area contributed by atoms with E-state index in [-0.39, 0.29) is 11.7 Å². The number of aromatic nitrogens is 1. The van der Waals surface area contributed by atoms with Gasteiger partial charge in [-0.15, -0.1) is 0 Å². The SMILES string of the molecule is Cn1c(C(=O)NCCN2CCCCC2)cc2c1CCN(Cc1cccc(F)c1)C2. The molecule has 1 fully saturated rings. The molecule has 1 amide bonds. The molecule has 2 aliphatic rings. The summed E-state index contributed by atoms with van der Waals surface area (Å²) in [7, 11) is 1.99. The zero-order valence-corrected chi connectivity index (χ0v) is 17.3. The molecule has 156 valence electrons. The van der Waals surface area contributed by atoms with Gasteiger partial charge >= 0.3 is 0 Å². The van der Waals surface area contributed by atoms with Gasteiger partial charge < -0.3 is 14.8 Å². The maximum Gasteiger partial charge on any atom is 0.267 e. The van der Waals surface area contributed by atoms with Crippen molar-refractivity contribution in [2.75, 3.05) is 32.7 Å². The molecule has 3 heterocycles. The van der Waals surface area contributed by atoms with Crippen LogP contribution in [0.15, 0.2) is 30.3 Å². The Morgan fingerprint density at radius 1 is 1.10 bits per heavy atom. The number of likely N-dealkylation sites (tertiary alicyclic amines) is 1. The molecule has 2 aromatic rings. The fraction of sp³-hybridized carbons (Fsp3) is 0.522. The van der Waals surface area contributed by atoms with Crippen molar-refractivity contribution in [1.82, 2.24) is 19.7 Å². The number of nitrogens with one attached hydrogen (secondary N) is 1. The summed E-state index contributed by atoms with van der Waals surface area (Å²) in [5.41, 5.74) is 4.17. The first-order valence-corrected chi connectivity index (χ1v) is 10.7. The van der Waals surface area contributed by atoms with E-state index in [1.54, 1.807) is 12.1 Å². The molecule has 6 heteroatoms. The summed E-state index contributed by atoms with van der Waals surface area (Å²) < 4.78 is 15.5. The van der Waals surface area contributed by atoms with Crippen molar-refractivity contribution in [1.29, 1.82) is 0 Å². The maximum atomic E-state index is 13.5. The summed E-state index contributed by atoms with van der Waals surface area (Å²) in [5, 5.41) is 3.10. The average molecular weight is 399 g/mol. The molecule has 2 aliphatic heterocycles. The standard InChI is InChI=1S/C23H31FN4O/c1-26-21-8-12-28(16-18-6-5-7-20(24)14-18)17-19(21)15-22(26)23(29)25-9-13-27-10-3-2-4-11-27/h5-7,14-15H,2-4,8-13,16-17H2,1H3,(H,25,29). The molecule has 0 radical (unpaired) electrons. The molecule has 0 aliphatic carbocycles. The summed E-state index contributed by atoms with van der Waals surface area (Å²) >= 11 is 0. The predicted molar refractivity (Wildman–Crippen MR) is 112 cm³/mol. The zero-order chi connectivity index (χ0) is 20.2. The first kappa shape index (κ1) is 20.1. The number of carbonyl (C=O) groups is 1. The third-order valence-corrected chi connectivity index (χ3v) is 6.20. The number of amides is 1. The average Bonchev–Trinajstić information content (AvgIpc) is 3.05. The van der Waals surface area contributed by atoms with Crippen LogP contribution in [0.3, 0.4) is 0 Å². The Morgan fingerprint density at radius 2 is 1.93 bits per heavy atom. The maximum absolute atomic E-state index is 13.5. The van der Waals surface area contributed by atoms with Crippen molar-refractivity contribution >= 4 is 5.91 Å². The van der Waals surface area contributed by atoms with Crippen LogP contribution in [0.1, 0.15) is 46.6 Å². The Morgan fingerprint density at radius 3 is 2.72 bits per heavy atom. The fourth-order valence-corrected chi connectivity index (χ4v) is 4.60. The Bertz CT molecular complexity index is 857. The highest BCUT2D eigenvalue weighted by Gasteiger charge is 2.23. The summed E-state index contributed by atoms with van der Waals surface area (Å²) in [6.45, 7) is 6.35. The highest BCUT2D eigenvalue weighted by atomic mass is 19.1. The van der Waals surface area contributed by atoms with Gasteiger partial charge in [-0.25, -0.2) is 4.39 Å². The lowest BCUT2D eigenvalue weighted by Crippen LogP contribution is -2.38. The number of hydrogen-bond acceptors (Lipinski definition) is 3. The van der Waals surface area contributed by atoms with Crippen molar-refractivity contribution in [2.45, 2.75) is 38.8 Å².